The molecule has 0 atom stereocenters. The van der Waals surface area contributed by atoms with Crippen molar-refractivity contribution < 1.29 is 31.1 Å². The van der Waals surface area contributed by atoms with Crippen LogP contribution in [0, 0.1) is 0 Å². The first-order valence-electron chi connectivity index (χ1n) is 7.25. The number of carbonyl (C=O) groups is 1. The van der Waals surface area contributed by atoms with Gasteiger partial charge in [0.25, 0.3) is 0 Å². The highest BCUT2D eigenvalue weighted by Crippen LogP contribution is 2.27. The van der Waals surface area contributed by atoms with Gasteiger partial charge in [0.15, 0.2) is 0 Å². The van der Waals surface area contributed by atoms with Crippen molar-refractivity contribution in [2.45, 2.75) is 24.9 Å². The van der Waals surface area contributed by atoms with E-state index in [4.69, 9.17) is 11.6 Å². The summed E-state index contributed by atoms with van der Waals surface area (Å²) in [7, 11) is -3.86. The molecule has 1 amide bonds. The van der Waals surface area contributed by atoms with Crippen LogP contribution in [-0.4, -0.2) is 51.1 Å². The predicted molar refractivity (Wildman–Crippen MR) is 87.1 cm³/mol. The second kappa shape index (κ2) is 8.84. The number of alkyl halides is 3. The maximum atomic E-state index is 12.5. The predicted octanol–water partition coefficient (Wildman–Crippen LogP) is 2.89. The van der Waals surface area contributed by atoms with E-state index in [1.54, 1.807) is 13.8 Å². The number of halogens is 4. The molecule has 142 valence electrons. The Balaban J connectivity index is 2.90. The molecule has 0 bridgehead atoms. The average molecular weight is 403 g/mol. The molecular weight excluding hydrogens is 385 g/mol. The number of ether oxygens (including phenoxy) is 1. The minimum Gasteiger partial charge on any atom is -0.362 e. The number of benzene rings is 1. The van der Waals surface area contributed by atoms with E-state index in [2.05, 4.69) is 10.1 Å². The number of rotatable bonds is 8. The van der Waals surface area contributed by atoms with Gasteiger partial charge in [-0.1, -0.05) is 25.4 Å². The normalized spacial score (nSPS) is 12.4. The van der Waals surface area contributed by atoms with Gasteiger partial charge >= 0.3 is 6.18 Å². The van der Waals surface area contributed by atoms with Crippen LogP contribution in [0.1, 0.15) is 13.8 Å². The van der Waals surface area contributed by atoms with Crippen LogP contribution in [0.2, 0.25) is 5.02 Å². The summed E-state index contributed by atoms with van der Waals surface area (Å²) in [5.41, 5.74) is 0.0794. The van der Waals surface area contributed by atoms with Gasteiger partial charge in [0.2, 0.25) is 15.9 Å². The summed E-state index contributed by atoms with van der Waals surface area (Å²) < 4.78 is 66.3. The van der Waals surface area contributed by atoms with Crippen molar-refractivity contribution >= 4 is 33.2 Å². The summed E-state index contributed by atoms with van der Waals surface area (Å²) in [4.78, 5) is 11.4. The minimum absolute atomic E-state index is 0.0294. The molecule has 11 heteroatoms. The van der Waals surface area contributed by atoms with Crippen LogP contribution in [-0.2, 0) is 19.6 Å². The lowest BCUT2D eigenvalue weighted by Gasteiger charge is -2.19. The number of carbonyl (C=O) groups excluding carboxylic acids is 1. The van der Waals surface area contributed by atoms with Crippen molar-refractivity contribution in [2.75, 3.05) is 31.6 Å². The number of hydrogen-bond acceptors (Lipinski definition) is 4. The van der Waals surface area contributed by atoms with Crippen LogP contribution in [0.25, 0.3) is 0 Å². The standard InChI is InChI=1S/C14H18ClF3N2O4S/c1-3-20(4-2)25(22,23)12-7-10(5-6-11(12)15)19-13(21)8-24-9-14(16,17)18/h5-7H,3-4,8-9H2,1-2H3,(H,19,21). The fourth-order valence-corrected chi connectivity index (χ4v) is 3.90. The summed E-state index contributed by atoms with van der Waals surface area (Å²) >= 11 is 5.94. The Kier molecular flexibility index (Phi) is 7.66. The van der Waals surface area contributed by atoms with Gasteiger partial charge in [-0.2, -0.15) is 17.5 Å². The molecule has 0 unspecified atom stereocenters. The summed E-state index contributed by atoms with van der Waals surface area (Å²) in [6.45, 7) is 1.42. The summed E-state index contributed by atoms with van der Waals surface area (Å²) in [5.74, 6) is -0.849. The maximum absolute atomic E-state index is 12.5. The van der Waals surface area contributed by atoms with Crippen molar-refractivity contribution in [1.82, 2.24) is 4.31 Å². The number of anilines is 1. The Labute approximate surface area is 148 Å². The SMILES string of the molecule is CCN(CC)S(=O)(=O)c1cc(NC(=O)COCC(F)(F)F)ccc1Cl. The highest BCUT2D eigenvalue weighted by molar-refractivity contribution is 7.89. The molecule has 0 saturated heterocycles. The fourth-order valence-electron chi connectivity index (χ4n) is 1.94. The molecule has 25 heavy (non-hydrogen) atoms. The van der Waals surface area contributed by atoms with Crippen LogP contribution < -0.4 is 5.32 Å². The van der Waals surface area contributed by atoms with E-state index < -0.39 is 35.3 Å². The number of amides is 1. The monoisotopic (exact) mass is 402 g/mol. The zero-order chi connectivity index (χ0) is 19.3. The van der Waals surface area contributed by atoms with Gasteiger partial charge in [-0.05, 0) is 18.2 Å². The van der Waals surface area contributed by atoms with Crippen LogP contribution >= 0.6 is 11.6 Å². The van der Waals surface area contributed by atoms with E-state index in [9.17, 15) is 26.4 Å². The van der Waals surface area contributed by atoms with Gasteiger partial charge in [-0.25, -0.2) is 8.42 Å². The molecule has 1 N–H and O–H groups in total. The molecule has 0 radical (unpaired) electrons. The second-order valence-electron chi connectivity index (χ2n) is 4.89. The van der Waals surface area contributed by atoms with E-state index in [0.717, 1.165) is 6.07 Å². The van der Waals surface area contributed by atoms with Crippen LogP contribution in [0.3, 0.4) is 0 Å². The number of nitrogens with zero attached hydrogens (tertiary/aromatic N) is 1. The van der Waals surface area contributed by atoms with Crippen LogP contribution in [0.4, 0.5) is 18.9 Å². The Bertz CT molecular complexity index is 707. The number of hydrogen-bond donors (Lipinski definition) is 1. The molecule has 0 aromatic heterocycles. The third-order valence-electron chi connectivity index (χ3n) is 3.04. The largest absolute Gasteiger partial charge is 0.411 e. The quantitative estimate of drug-likeness (QED) is 0.725. The van der Waals surface area contributed by atoms with E-state index in [0.29, 0.717) is 0 Å². The van der Waals surface area contributed by atoms with E-state index >= 15 is 0 Å². The molecule has 1 rings (SSSR count). The van der Waals surface area contributed by atoms with Gasteiger partial charge in [-0.3, -0.25) is 4.79 Å². The Morgan fingerprint density at radius 1 is 1.28 bits per heavy atom. The molecule has 1 aromatic rings. The number of sulfonamides is 1. The van der Waals surface area contributed by atoms with Crippen molar-refractivity contribution in [3.63, 3.8) is 0 Å². The van der Waals surface area contributed by atoms with Gasteiger partial charge in [0.05, 0.1) is 5.02 Å². The smallest absolute Gasteiger partial charge is 0.362 e. The van der Waals surface area contributed by atoms with Gasteiger partial charge < -0.3 is 10.1 Å². The Morgan fingerprint density at radius 3 is 2.40 bits per heavy atom. The molecule has 0 heterocycles. The molecular formula is C14H18ClF3N2O4S. The van der Waals surface area contributed by atoms with Gasteiger partial charge in [0, 0.05) is 18.8 Å². The first kappa shape index (κ1) is 21.7. The highest BCUT2D eigenvalue weighted by Gasteiger charge is 2.28. The first-order valence-corrected chi connectivity index (χ1v) is 9.07. The zero-order valence-corrected chi connectivity index (χ0v) is 15.1. The van der Waals surface area contributed by atoms with Crippen molar-refractivity contribution in [3.8, 4) is 0 Å². The van der Waals surface area contributed by atoms with Crippen molar-refractivity contribution in [3.05, 3.63) is 23.2 Å². The maximum Gasteiger partial charge on any atom is 0.411 e. The highest BCUT2D eigenvalue weighted by atomic mass is 35.5. The molecule has 0 spiro atoms. The first-order chi connectivity index (χ1) is 11.5. The second-order valence-corrected chi connectivity index (χ2v) is 7.20. The summed E-state index contributed by atoms with van der Waals surface area (Å²) in [6.07, 6.45) is -4.54. The van der Waals surface area contributed by atoms with Gasteiger partial charge in [-0.15, -0.1) is 0 Å². The lowest BCUT2D eigenvalue weighted by molar-refractivity contribution is -0.174. The van der Waals surface area contributed by atoms with Gasteiger partial charge in [0.1, 0.15) is 18.1 Å². The summed E-state index contributed by atoms with van der Waals surface area (Å²) in [5, 5.41) is 2.24. The van der Waals surface area contributed by atoms with E-state index in [1.807, 2.05) is 0 Å². The number of nitrogens with one attached hydrogen (secondary N) is 1. The third-order valence-corrected chi connectivity index (χ3v) is 5.57. The van der Waals surface area contributed by atoms with E-state index in [-0.39, 0.29) is 28.7 Å². The lowest BCUT2D eigenvalue weighted by Crippen LogP contribution is -2.31. The lowest BCUT2D eigenvalue weighted by atomic mass is 10.3. The Hall–Kier alpha value is -1.36. The van der Waals surface area contributed by atoms with E-state index in [1.165, 1.54) is 16.4 Å². The fraction of sp³-hybridized carbons (Fsp3) is 0.500. The molecule has 0 aliphatic carbocycles. The molecule has 0 aliphatic rings. The minimum atomic E-state index is -4.54. The topological polar surface area (TPSA) is 75.7 Å². The van der Waals surface area contributed by atoms with Crippen LogP contribution in [0.15, 0.2) is 23.1 Å². The zero-order valence-electron chi connectivity index (χ0n) is 13.6. The summed E-state index contributed by atoms with van der Waals surface area (Å²) in [6, 6.07) is 3.77. The molecule has 6 nitrogen and oxygen atoms in total. The Morgan fingerprint density at radius 2 is 1.88 bits per heavy atom. The van der Waals surface area contributed by atoms with Crippen molar-refractivity contribution in [1.29, 1.82) is 0 Å². The molecule has 0 fully saturated rings. The molecule has 0 saturated carbocycles. The average Bonchev–Trinajstić information content (AvgIpc) is 2.48. The third kappa shape index (κ3) is 6.46. The van der Waals surface area contributed by atoms with Crippen molar-refractivity contribution in [2.24, 2.45) is 0 Å². The molecule has 0 aliphatic heterocycles. The van der Waals surface area contributed by atoms with Crippen LogP contribution in [0.5, 0.6) is 0 Å². The molecule has 1 aromatic carbocycles.